The van der Waals surface area contributed by atoms with Gasteiger partial charge < -0.3 is 10.5 Å². The number of ether oxygens (including phenoxy) is 1. The lowest BCUT2D eigenvalue weighted by molar-refractivity contribution is -0.154. The van der Waals surface area contributed by atoms with Crippen LogP contribution in [0.2, 0.25) is 0 Å². The van der Waals surface area contributed by atoms with Gasteiger partial charge in [0.2, 0.25) is 5.88 Å². The summed E-state index contributed by atoms with van der Waals surface area (Å²) < 4.78 is 39.4. The molecule has 0 aliphatic heterocycles. The molecule has 0 amide bonds. The summed E-state index contributed by atoms with van der Waals surface area (Å²) >= 11 is 0. The molecule has 1 aromatic rings. The van der Waals surface area contributed by atoms with E-state index >= 15 is 0 Å². The van der Waals surface area contributed by atoms with Crippen LogP contribution in [0.3, 0.4) is 0 Å². The summed E-state index contributed by atoms with van der Waals surface area (Å²) in [6, 6.07) is 2.75. The zero-order valence-electron chi connectivity index (χ0n) is 7.08. The molecule has 78 valence electrons. The SMILES string of the molecule is NCc1ccc(OCC(F)(F)F)nn1. The molecule has 0 aliphatic rings. The average Bonchev–Trinajstić information content (AvgIpc) is 2.14. The first-order valence-electron chi connectivity index (χ1n) is 3.73. The third kappa shape index (κ3) is 3.56. The van der Waals surface area contributed by atoms with Crippen LogP contribution >= 0.6 is 0 Å². The molecular weight excluding hydrogens is 199 g/mol. The topological polar surface area (TPSA) is 61.0 Å². The van der Waals surface area contributed by atoms with Crippen molar-refractivity contribution in [1.29, 1.82) is 0 Å². The van der Waals surface area contributed by atoms with Crippen molar-refractivity contribution in [2.45, 2.75) is 12.7 Å². The quantitative estimate of drug-likeness (QED) is 0.799. The number of hydrogen-bond acceptors (Lipinski definition) is 4. The molecule has 2 N–H and O–H groups in total. The highest BCUT2D eigenvalue weighted by molar-refractivity contribution is 5.11. The van der Waals surface area contributed by atoms with Crippen molar-refractivity contribution in [1.82, 2.24) is 10.2 Å². The minimum atomic E-state index is -4.37. The Morgan fingerprint density at radius 1 is 1.29 bits per heavy atom. The van der Waals surface area contributed by atoms with Gasteiger partial charge in [-0.05, 0) is 6.07 Å². The molecule has 7 heteroatoms. The molecule has 0 atom stereocenters. The molecule has 1 rings (SSSR count). The Bertz CT molecular complexity index is 285. The fourth-order valence-corrected chi connectivity index (χ4v) is 0.689. The van der Waals surface area contributed by atoms with Gasteiger partial charge in [0, 0.05) is 12.6 Å². The van der Waals surface area contributed by atoms with Crippen molar-refractivity contribution in [2.24, 2.45) is 5.73 Å². The first-order chi connectivity index (χ1) is 6.51. The average molecular weight is 207 g/mol. The van der Waals surface area contributed by atoms with Crippen LogP contribution in [0.5, 0.6) is 5.88 Å². The highest BCUT2D eigenvalue weighted by atomic mass is 19.4. The summed E-state index contributed by atoms with van der Waals surface area (Å²) in [5, 5.41) is 6.93. The van der Waals surface area contributed by atoms with E-state index in [-0.39, 0.29) is 12.4 Å². The smallest absolute Gasteiger partial charge is 0.422 e. The van der Waals surface area contributed by atoms with Crippen molar-refractivity contribution in [2.75, 3.05) is 6.61 Å². The number of halogens is 3. The van der Waals surface area contributed by atoms with Crippen molar-refractivity contribution in [3.8, 4) is 5.88 Å². The fraction of sp³-hybridized carbons (Fsp3) is 0.429. The van der Waals surface area contributed by atoms with Gasteiger partial charge in [0.1, 0.15) is 0 Å². The summed E-state index contributed by atoms with van der Waals surface area (Å²) in [4.78, 5) is 0. The van der Waals surface area contributed by atoms with Crippen LogP contribution in [0.25, 0.3) is 0 Å². The predicted octanol–water partition coefficient (Wildman–Crippen LogP) is 0.876. The summed E-state index contributed by atoms with van der Waals surface area (Å²) in [7, 11) is 0. The second kappa shape index (κ2) is 4.23. The summed E-state index contributed by atoms with van der Waals surface area (Å²) in [5.41, 5.74) is 5.71. The van der Waals surface area contributed by atoms with Crippen LogP contribution < -0.4 is 10.5 Å². The van der Waals surface area contributed by atoms with Crippen LogP contribution in [-0.2, 0) is 6.54 Å². The van der Waals surface area contributed by atoms with E-state index in [0.29, 0.717) is 5.69 Å². The molecule has 0 fully saturated rings. The summed E-state index contributed by atoms with van der Waals surface area (Å²) in [6.45, 7) is -1.18. The standard InChI is InChI=1S/C7H8F3N3O/c8-7(9,10)4-14-6-2-1-5(3-11)12-13-6/h1-2H,3-4,11H2. The van der Waals surface area contributed by atoms with Crippen LogP contribution in [-0.4, -0.2) is 23.0 Å². The van der Waals surface area contributed by atoms with Crippen molar-refractivity contribution >= 4 is 0 Å². The van der Waals surface area contributed by atoms with Crippen LogP contribution in [0.1, 0.15) is 5.69 Å². The van der Waals surface area contributed by atoms with Gasteiger partial charge in [-0.1, -0.05) is 0 Å². The monoisotopic (exact) mass is 207 g/mol. The zero-order chi connectivity index (χ0) is 10.6. The third-order valence-corrected chi connectivity index (χ3v) is 1.29. The van der Waals surface area contributed by atoms with Crippen molar-refractivity contribution in [3.63, 3.8) is 0 Å². The molecule has 0 aliphatic carbocycles. The van der Waals surface area contributed by atoms with E-state index < -0.39 is 12.8 Å². The molecule has 0 radical (unpaired) electrons. The summed E-state index contributed by atoms with van der Waals surface area (Å²) in [6.07, 6.45) is -4.37. The Hall–Kier alpha value is -1.37. The minimum absolute atomic E-state index is 0.167. The molecule has 1 aromatic heterocycles. The summed E-state index contributed by atoms with van der Waals surface area (Å²) in [5.74, 6) is -0.167. The molecule has 0 unspecified atom stereocenters. The van der Waals surface area contributed by atoms with E-state index in [2.05, 4.69) is 14.9 Å². The Balaban J connectivity index is 2.52. The maximum atomic E-state index is 11.7. The van der Waals surface area contributed by atoms with E-state index in [1.165, 1.54) is 12.1 Å². The molecule has 14 heavy (non-hydrogen) atoms. The second-order valence-electron chi connectivity index (χ2n) is 2.47. The van der Waals surface area contributed by atoms with Crippen molar-refractivity contribution < 1.29 is 17.9 Å². The molecule has 0 aromatic carbocycles. The van der Waals surface area contributed by atoms with E-state index in [1.807, 2.05) is 0 Å². The molecular formula is C7H8F3N3O. The number of hydrogen-bond donors (Lipinski definition) is 1. The van der Waals surface area contributed by atoms with Gasteiger partial charge in [0.05, 0.1) is 5.69 Å². The zero-order valence-corrected chi connectivity index (χ0v) is 7.08. The molecule has 0 saturated carbocycles. The lowest BCUT2D eigenvalue weighted by Crippen LogP contribution is -2.19. The first kappa shape index (κ1) is 10.7. The number of rotatable bonds is 3. The lowest BCUT2D eigenvalue weighted by atomic mass is 10.4. The largest absolute Gasteiger partial charge is 0.467 e. The molecule has 1 heterocycles. The van der Waals surface area contributed by atoms with Gasteiger partial charge in [-0.3, -0.25) is 0 Å². The third-order valence-electron chi connectivity index (χ3n) is 1.29. The Labute approximate surface area is 77.9 Å². The van der Waals surface area contributed by atoms with Gasteiger partial charge in [-0.25, -0.2) is 0 Å². The maximum Gasteiger partial charge on any atom is 0.422 e. The minimum Gasteiger partial charge on any atom is -0.467 e. The van der Waals surface area contributed by atoms with E-state index in [4.69, 9.17) is 5.73 Å². The van der Waals surface area contributed by atoms with E-state index in [9.17, 15) is 13.2 Å². The molecule has 0 bridgehead atoms. The predicted molar refractivity (Wildman–Crippen MR) is 41.5 cm³/mol. The normalized spacial score (nSPS) is 11.4. The maximum absolute atomic E-state index is 11.7. The van der Waals surface area contributed by atoms with Gasteiger partial charge in [-0.15, -0.1) is 5.10 Å². The highest BCUT2D eigenvalue weighted by Gasteiger charge is 2.28. The van der Waals surface area contributed by atoms with Crippen LogP contribution in [0, 0.1) is 0 Å². The highest BCUT2D eigenvalue weighted by Crippen LogP contribution is 2.16. The van der Waals surface area contributed by atoms with E-state index in [0.717, 1.165) is 0 Å². The lowest BCUT2D eigenvalue weighted by Gasteiger charge is -2.07. The van der Waals surface area contributed by atoms with Gasteiger partial charge in [-0.2, -0.15) is 18.3 Å². The first-order valence-corrected chi connectivity index (χ1v) is 3.73. The van der Waals surface area contributed by atoms with Crippen molar-refractivity contribution in [3.05, 3.63) is 17.8 Å². The van der Waals surface area contributed by atoms with E-state index in [1.54, 1.807) is 0 Å². The Kier molecular flexibility index (Phi) is 3.23. The molecule has 4 nitrogen and oxygen atoms in total. The van der Waals surface area contributed by atoms with Crippen LogP contribution in [0.15, 0.2) is 12.1 Å². The van der Waals surface area contributed by atoms with Gasteiger partial charge in [0.15, 0.2) is 6.61 Å². The number of nitrogens with two attached hydrogens (primary N) is 1. The number of aromatic nitrogens is 2. The van der Waals surface area contributed by atoms with Crippen LogP contribution in [0.4, 0.5) is 13.2 Å². The van der Waals surface area contributed by atoms with Gasteiger partial charge >= 0.3 is 6.18 Å². The second-order valence-corrected chi connectivity index (χ2v) is 2.47. The van der Waals surface area contributed by atoms with Gasteiger partial charge in [0.25, 0.3) is 0 Å². The fourth-order valence-electron chi connectivity index (χ4n) is 0.689. The molecule has 0 saturated heterocycles. The molecule has 0 spiro atoms. The number of nitrogens with zero attached hydrogens (tertiary/aromatic N) is 2. The number of alkyl halides is 3. The Morgan fingerprint density at radius 2 is 2.00 bits per heavy atom. The Morgan fingerprint density at radius 3 is 2.43 bits per heavy atom.